The summed E-state index contributed by atoms with van der Waals surface area (Å²) in [4.78, 5) is 17.0. The van der Waals surface area contributed by atoms with E-state index in [9.17, 15) is 4.79 Å². The van der Waals surface area contributed by atoms with Gasteiger partial charge in [0.25, 0.3) is 0 Å². The molecule has 0 aromatic heterocycles. The number of oxime groups is 1. The molecule has 0 N–H and O–H groups in total. The van der Waals surface area contributed by atoms with Gasteiger partial charge in [-0.3, -0.25) is 0 Å². The molecule has 0 aliphatic carbocycles. The van der Waals surface area contributed by atoms with Gasteiger partial charge in [0.1, 0.15) is 19.5 Å². The average molecular weight is 362 g/mol. The smallest absolute Gasteiger partial charge is 0.361 e. The van der Waals surface area contributed by atoms with E-state index in [0.717, 1.165) is 16.9 Å². The van der Waals surface area contributed by atoms with Crippen LogP contribution < -0.4 is 4.74 Å². The summed E-state index contributed by atoms with van der Waals surface area (Å²) in [6.45, 7) is 4.18. The van der Waals surface area contributed by atoms with Crippen molar-refractivity contribution < 1.29 is 19.1 Å². The SMILES string of the molecule is CCOC(=O)C(=NOC)c1ccccc1COc1ccc(Cl)cc1C. The van der Waals surface area contributed by atoms with Crippen LogP contribution >= 0.6 is 11.6 Å². The monoisotopic (exact) mass is 361 g/mol. The first-order valence-electron chi connectivity index (χ1n) is 7.82. The predicted octanol–water partition coefficient (Wildman–Crippen LogP) is 4.14. The fourth-order valence-electron chi connectivity index (χ4n) is 2.29. The van der Waals surface area contributed by atoms with E-state index >= 15 is 0 Å². The molecule has 0 spiro atoms. The molecule has 0 saturated carbocycles. The standard InChI is InChI=1S/C19H20ClNO4/c1-4-24-19(22)18(21-23-3)16-8-6-5-7-14(16)12-25-17-10-9-15(20)11-13(17)2/h5-11H,4,12H2,1-3H3. The minimum Gasteiger partial charge on any atom is -0.489 e. The molecule has 2 aromatic rings. The minimum atomic E-state index is -0.542. The Balaban J connectivity index is 2.27. The zero-order valence-corrected chi connectivity index (χ0v) is 15.2. The van der Waals surface area contributed by atoms with Crippen molar-refractivity contribution in [1.82, 2.24) is 0 Å². The van der Waals surface area contributed by atoms with Crippen LogP contribution in [0.5, 0.6) is 5.75 Å². The van der Waals surface area contributed by atoms with Gasteiger partial charge in [-0.2, -0.15) is 0 Å². The Labute approximate surface area is 152 Å². The van der Waals surface area contributed by atoms with Crippen LogP contribution in [0.4, 0.5) is 0 Å². The van der Waals surface area contributed by atoms with Gasteiger partial charge in [-0.1, -0.05) is 41.0 Å². The number of hydrogen-bond donors (Lipinski definition) is 0. The van der Waals surface area contributed by atoms with E-state index in [0.29, 0.717) is 10.6 Å². The summed E-state index contributed by atoms with van der Waals surface area (Å²) in [7, 11) is 1.38. The number of halogens is 1. The number of esters is 1. The molecule has 132 valence electrons. The Morgan fingerprint density at radius 3 is 2.64 bits per heavy atom. The predicted molar refractivity (Wildman–Crippen MR) is 97.1 cm³/mol. The van der Waals surface area contributed by atoms with Gasteiger partial charge in [0, 0.05) is 10.6 Å². The van der Waals surface area contributed by atoms with Crippen molar-refractivity contribution in [2.75, 3.05) is 13.7 Å². The molecule has 0 bridgehead atoms. The molecule has 0 radical (unpaired) electrons. The van der Waals surface area contributed by atoms with Gasteiger partial charge in [-0.15, -0.1) is 0 Å². The molecule has 2 aromatic carbocycles. The minimum absolute atomic E-state index is 0.108. The lowest BCUT2D eigenvalue weighted by Gasteiger charge is -2.13. The first-order chi connectivity index (χ1) is 12.1. The third kappa shape index (κ3) is 4.97. The Hall–Kier alpha value is -2.53. The van der Waals surface area contributed by atoms with Crippen LogP contribution in [0, 0.1) is 6.92 Å². The average Bonchev–Trinajstić information content (AvgIpc) is 2.59. The van der Waals surface area contributed by atoms with Crippen LogP contribution in [0.2, 0.25) is 5.02 Å². The van der Waals surface area contributed by atoms with Crippen molar-refractivity contribution in [3.8, 4) is 5.75 Å². The molecule has 25 heavy (non-hydrogen) atoms. The molecule has 0 unspecified atom stereocenters. The van der Waals surface area contributed by atoms with Crippen molar-refractivity contribution in [2.24, 2.45) is 5.16 Å². The Morgan fingerprint density at radius 1 is 1.20 bits per heavy atom. The number of nitrogens with zero attached hydrogens (tertiary/aromatic N) is 1. The molecule has 6 heteroatoms. The fourth-order valence-corrected chi connectivity index (χ4v) is 2.52. The number of aryl methyl sites for hydroxylation is 1. The maximum Gasteiger partial charge on any atom is 0.361 e. The number of ether oxygens (including phenoxy) is 2. The van der Waals surface area contributed by atoms with Gasteiger partial charge in [0.2, 0.25) is 0 Å². The van der Waals surface area contributed by atoms with Gasteiger partial charge in [0.15, 0.2) is 5.71 Å². The molecule has 0 aliphatic heterocycles. The van der Waals surface area contributed by atoms with E-state index in [1.54, 1.807) is 19.1 Å². The number of carbonyl (C=O) groups is 1. The molecular weight excluding hydrogens is 342 g/mol. The number of carbonyl (C=O) groups excluding carboxylic acids is 1. The highest BCUT2D eigenvalue weighted by atomic mass is 35.5. The molecular formula is C19H20ClNO4. The highest BCUT2D eigenvalue weighted by molar-refractivity contribution is 6.43. The first-order valence-corrected chi connectivity index (χ1v) is 8.20. The molecule has 0 saturated heterocycles. The quantitative estimate of drug-likeness (QED) is 0.422. The number of rotatable bonds is 7. The van der Waals surface area contributed by atoms with Crippen LogP contribution in [-0.2, 0) is 21.0 Å². The van der Waals surface area contributed by atoms with E-state index in [1.165, 1.54) is 7.11 Å². The summed E-state index contributed by atoms with van der Waals surface area (Å²) in [5.74, 6) is 0.181. The second-order valence-corrected chi connectivity index (χ2v) is 5.64. The second-order valence-electron chi connectivity index (χ2n) is 5.20. The maximum atomic E-state index is 12.2. The lowest BCUT2D eigenvalue weighted by Crippen LogP contribution is -2.21. The van der Waals surface area contributed by atoms with Crippen LogP contribution in [0.1, 0.15) is 23.6 Å². The van der Waals surface area contributed by atoms with Crippen molar-refractivity contribution in [3.63, 3.8) is 0 Å². The fraction of sp³-hybridized carbons (Fsp3) is 0.263. The number of benzene rings is 2. The highest BCUT2D eigenvalue weighted by Gasteiger charge is 2.20. The van der Waals surface area contributed by atoms with E-state index in [2.05, 4.69) is 5.16 Å². The molecule has 0 atom stereocenters. The van der Waals surface area contributed by atoms with E-state index in [-0.39, 0.29) is 18.9 Å². The Kier molecular flexibility index (Phi) is 6.83. The maximum absolute atomic E-state index is 12.2. The zero-order chi connectivity index (χ0) is 18.2. The van der Waals surface area contributed by atoms with Gasteiger partial charge in [0.05, 0.1) is 6.61 Å². The lowest BCUT2D eigenvalue weighted by atomic mass is 10.0. The van der Waals surface area contributed by atoms with Gasteiger partial charge in [-0.05, 0) is 43.2 Å². The summed E-state index contributed by atoms with van der Waals surface area (Å²) in [5, 5.41) is 4.48. The Bertz CT molecular complexity index is 774. The van der Waals surface area contributed by atoms with Crippen LogP contribution in [0.3, 0.4) is 0 Å². The lowest BCUT2D eigenvalue weighted by molar-refractivity contribution is -0.135. The topological polar surface area (TPSA) is 57.1 Å². The molecule has 0 amide bonds. The highest BCUT2D eigenvalue weighted by Crippen LogP contribution is 2.23. The molecule has 2 rings (SSSR count). The van der Waals surface area contributed by atoms with E-state index < -0.39 is 5.97 Å². The van der Waals surface area contributed by atoms with Crippen molar-refractivity contribution in [2.45, 2.75) is 20.5 Å². The van der Waals surface area contributed by atoms with Crippen LogP contribution in [0.15, 0.2) is 47.6 Å². The molecule has 5 nitrogen and oxygen atoms in total. The van der Waals surface area contributed by atoms with Crippen molar-refractivity contribution >= 4 is 23.3 Å². The van der Waals surface area contributed by atoms with Gasteiger partial charge < -0.3 is 14.3 Å². The Morgan fingerprint density at radius 2 is 1.96 bits per heavy atom. The normalized spacial score (nSPS) is 11.1. The molecule has 0 heterocycles. The third-order valence-electron chi connectivity index (χ3n) is 3.44. The summed E-state index contributed by atoms with van der Waals surface area (Å²) in [5.41, 5.74) is 2.44. The van der Waals surface area contributed by atoms with Crippen LogP contribution in [-0.4, -0.2) is 25.4 Å². The molecule has 0 aliphatic rings. The summed E-state index contributed by atoms with van der Waals surface area (Å²) >= 11 is 5.96. The van der Waals surface area contributed by atoms with Crippen LogP contribution in [0.25, 0.3) is 0 Å². The summed E-state index contributed by atoms with van der Waals surface area (Å²) in [6.07, 6.45) is 0. The third-order valence-corrected chi connectivity index (χ3v) is 3.68. The second kappa shape index (κ2) is 9.08. The summed E-state index contributed by atoms with van der Waals surface area (Å²) in [6, 6.07) is 12.7. The van der Waals surface area contributed by atoms with Gasteiger partial charge >= 0.3 is 5.97 Å². The van der Waals surface area contributed by atoms with Crippen molar-refractivity contribution in [3.05, 3.63) is 64.2 Å². The molecule has 0 fully saturated rings. The summed E-state index contributed by atoms with van der Waals surface area (Å²) < 4.78 is 10.9. The van der Waals surface area contributed by atoms with E-state index in [4.69, 9.17) is 25.9 Å². The first kappa shape index (κ1) is 18.8. The number of hydrogen-bond acceptors (Lipinski definition) is 5. The zero-order valence-electron chi connectivity index (χ0n) is 14.4. The van der Waals surface area contributed by atoms with Crippen molar-refractivity contribution in [1.29, 1.82) is 0 Å². The van der Waals surface area contributed by atoms with Gasteiger partial charge in [-0.25, -0.2) is 4.79 Å². The largest absolute Gasteiger partial charge is 0.489 e. The van der Waals surface area contributed by atoms with E-state index in [1.807, 2.05) is 37.3 Å².